The molecule has 0 aliphatic heterocycles. The highest BCUT2D eigenvalue weighted by molar-refractivity contribution is 7.17. The summed E-state index contributed by atoms with van der Waals surface area (Å²) in [6.45, 7) is 1.81. The Morgan fingerprint density at radius 3 is 2.18 bits per heavy atom. The molecule has 0 unspecified atom stereocenters. The molecular formula is C15H18N2O4S. The van der Waals surface area contributed by atoms with Crippen LogP contribution in [0.25, 0.3) is 10.6 Å². The number of benzene rings is 1. The molecule has 1 heterocycles. The summed E-state index contributed by atoms with van der Waals surface area (Å²) < 4.78 is 16.0. The summed E-state index contributed by atoms with van der Waals surface area (Å²) in [5.41, 5.74) is 1.49. The smallest absolute Gasteiger partial charge is 0.263 e. The highest BCUT2D eigenvalue weighted by Gasteiger charge is 2.19. The average Bonchev–Trinajstić information content (AvgIpc) is 2.94. The molecule has 1 amide bonds. The van der Waals surface area contributed by atoms with Crippen LogP contribution in [-0.2, 0) is 0 Å². The van der Waals surface area contributed by atoms with Gasteiger partial charge in [0.2, 0.25) is 5.75 Å². The summed E-state index contributed by atoms with van der Waals surface area (Å²) in [4.78, 5) is 16.9. The molecular weight excluding hydrogens is 304 g/mol. The second-order valence-electron chi connectivity index (χ2n) is 4.43. The van der Waals surface area contributed by atoms with E-state index in [1.54, 1.807) is 28.4 Å². The summed E-state index contributed by atoms with van der Waals surface area (Å²) in [5, 5.41) is 3.33. The van der Waals surface area contributed by atoms with E-state index in [1.165, 1.54) is 11.3 Å². The number of hydrogen-bond donors (Lipinski definition) is 1. The lowest BCUT2D eigenvalue weighted by molar-refractivity contribution is 0.0966. The van der Waals surface area contributed by atoms with Gasteiger partial charge in [0.25, 0.3) is 5.91 Å². The number of nitrogens with one attached hydrogen (secondary N) is 1. The van der Waals surface area contributed by atoms with Crippen molar-refractivity contribution in [3.05, 3.63) is 22.7 Å². The number of nitrogens with zero attached hydrogens (tertiary/aromatic N) is 1. The van der Waals surface area contributed by atoms with Crippen molar-refractivity contribution in [1.82, 2.24) is 10.3 Å². The third-order valence-corrected chi connectivity index (χ3v) is 4.35. The van der Waals surface area contributed by atoms with E-state index >= 15 is 0 Å². The Hall–Kier alpha value is -2.28. The molecule has 0 atom stereocenters. The topological polar surface area (TPSA) is 69.7 Å². The molecule has 2 aromatic rings. The number of carbonyl (C=O) groups is 1. The van der Waals surface area contributed by atoms with Crippen LogP contribution in [0.2, 0.25) is 0 Å². The van der Waals surface area contributed by atoms with Crippen molar-refractivity contribution in [3.8, 4) is 27.8 Å². The molecule has 6 nitrogen and oxygen atoms in total. The zero-order valence-corrected chi connectivity index (χ0v) is 14.0. The predicted molar refractivity (Wildman–Crippen MR) is 85.3 cm³/mol. The van der Waals surface area contributed by atoms with Gasteiger partial charge in [-0.2, -0.15) is 0 Å². The maximum absolute atomic E-state index is 11.8. The lowest BCUT2D eigenvalue weighted by Crippen LogP contribution is -2.17. The fourth-order valence-electron chi connectivity index (χ4n) is 2.05. The van der Waals surface area contributed by atoms with Crippen molar-refractivity contribution >= 4 is 17.2 Å². The minimum Gasteiger partial charge on any atom is -0.493 e. The van der Waals surface area contributed by atoms with Crippen LogP contribution in [0.3, 0.4) is 0 Å². The molecule has 0 aliphatic rings. The predicted octanol–water partition coefficient (Wildman–Crippen LogP) is 2.50. The van der Waals surface area contributed by atoms with Gasteiger partial charge in [0, 0.05) is 12.6 Å². The Morgan fingerprint density at radius 1 is 1.14 bits per heavy atom. The van der Waals surface area contributed by atoms with Crippen molar-refractivity contribution < 1.29 is 19.0 Å². The Bertz CT molecular complexity index is 672. The fraction of sp³-hybridized carbons (Fsp3) is 0.333. The fourth-order valence-corrected chi connectivity index (χ4v) is 3.05. The van der Waals surface area contributed by atoms with Crippen LogP contribution in [0, 0.1) is 6.92 Å². The first-order valence-electron chi connectivity index (χ1n) is 6.55. The van der Waals surface area contributed by atoms with Gasteiger partial charge in [-0.25, -0.2) is 4.98 Å². The first-order valence-corrected chi connectivity index (χ1v) is 7.37. The summed E-state index contributed by atoms with van der Waals surface area (Å²) in [6.07, 6.45) is 0. The van der Waals surface area contributed by atoms with Crippen molar-refractivity contribution in [2.75, 3.05) is 28.4 Å². The van der Waals surface area contributed by atoms with Crippen LogP contribution < -0.4 is 19.5 Å². The van der Waals surface area contributed by atoms with Crippen LogP contribution in [0.15, 0.2) is 12.1 Å². The van der Waals surface area contributed by atoms with E-state index in [9.17, 15) is 4.79 Å². The maximum atomic E-state index is 11.8. The molecule has 1 N–H and O–H groups in total. The van der Waals surface area contributed by atoms with E-state index in [2.05, 4.69) is 10.3 Å². The van der Waals surface area contributed by atoms with Crippen molar-refractivity contribution in [3.63, 3.8) is 0 Å². The third-order valence-electron chi connectivity index (χ3n) is 3.14. The van der Waals surface area contributed by atoms with Gasteiger partial charge in [-0.1, -0.05) is 0 Å². The lowest BCUT2D eigenvalue weighted by Gasteiger charge is -2.13. The average molecular weight is 322 g/mol. The highest BCUT2D eigenvalue weighted by atomic mass is 32.1. The molecule has 0 saturated carbocycles. The Balaban J connectivity index is 2.55. The number of carbonyl (C=O) groups excluding carboxylic acids is 1. The van der Waals surface area contributed by atoms with Crippen LogP contribution in [0.1, 0.15) is 15.4 Å². The number of hydrogen-bond acceptors (Lipinski definition) is 6. The number of amides is 1. The number of methoxy groups -OCH3 is 3. The van der Waals surface area contributed by atoms with Crippen molar-refractivity contribution in [2.45, 2.75) is 6.92 Å². The molecule has 0 spiro atoms. The van der Waals surface area contributed by atoms with E-state index in [1.807, 2.05) is 19.1 Å². The minimum absolute atomic E-state index is 0.145. The van der Waals surface area contributed by atoms with Gasteiger partial charge in [0.1, 0.15) is 9.88 Å². The van der Waals surface area contributed by atoms with Crippen LogP contribution in [-0.4, -0.2) is 39.3 Å². The molecule has 0 bridgehead atoms. The minimum atomic E-state index is -0.145. The van der Waals surface area contributed by atoms with Gasteiger partial charge in [-0.05, 0) is 19.1 Å². The third kappa shape index (κ3) is 2.85. The van der Waals surface area contributed by atoms with E-state index in [-0.39, 0.29) is 5.91 Å². The van der Waals surface area contributed by atoms with Crippen LogP contribution in [0.5, 0.6) is 17.2 Å². The lowest BCUT2D eigenvalue weighted by atomic mass is 10.2. The van der Waals surface area contributed by atoms with Gasteiger partial charge >= 0.3 is 0 Å². The standard InChI is InChI=1S/C15H18N2O4S/c1-8-13(14(18)16-2)22-15(17-8)9-6-10(19-3)12(21-5)11(7-9)20-4/h6-7H,1-5H3,(H,16,18). The molecule has 2 rings (SSSR count). The maximum Gasteiger partial charge on any atom is 0.263 e. The molecule has 1 aromatic carbocycles. The molecule has 7 heteroatoms. The van der Waals surface area contributed by atoms with Crippen LogP contribution in [0.4, 0.5) is 0 Å². The van der Waals surface area contributed by atoms with Gasteiger partial charge in [0.15, 0.2) is 11.5 Å². The first-order chi connectivity index (χ1) is 10.5. The van der Waals surface area contributed by atoms with E-state index in [0.29, 0.717) is 27.8 Å². The number of rotatable bonds is 5. The second kappa shape index (κ2) is 6.65. The van der Waals surface area contributed by atoms with Crippen LogP contribution >= 0.6 is 11.3 Å². The summed E-state index contributed by atoms with van der Waals surface area (Å²) in [6, 6.07) is 3.63. The van der Waals surface area contributed by atoms with E-state index in [4.69, 9.17) is 14.2 Å². The van der Waals surface area contributed by atoms with Gasteiger partial charge in [0.05, 0.1) is 27.0 Å². The van der Waals surface area contributed by atoms with Gasteiger partial charge < -0.3 is 19.5 Å². The van der Waals surface area contributed by atoms with E-state index in [0.717, 1.165) is 10.6 Å². The van der Waals surface area contributed by atoms with Gasteiger partial charge in [-0.3, -0.25) is 4.79 Å². The summed E-state index contributed by atoms with van der Waals surface area (Å²) in [5.74, 6) is 1.47. The largest absolute Gasteiger partial charge is 0.493 e. The first kappa shape index (κ1) is 16.1. The monoisotopic (exact) mass is 322 g/mol. The number of aromatic nitrogens is 1. The molecule has 118 valence electrons. The Kier molecular flexibility index (Phi) is 4.87. The SMILES string of the molecule is CNC(=O)c1sc(-c2cc(OC)c(OC)c(OC)c2)nc1C. The molecule has 0 saturated heterocycles. The van der Waals surface area contributed by atoms with Crippen molar-refractivity contribution in [2.24, 2.45) is 0 Å². The Morgan fingerprint density at radius 2 is 1.73 bits per heavy atom. The molecule has 1 aromatic heterocycles. The second-order valence-corrected chi connectivity index (χ2v) is 5.43. The quantitative estimate of drug-likeness (QED) is 0.916. The number of ether oxygens (including phenoxy) is 3. The summed E-state index contributed by atoms with van der Waals surface area (Å²) in [7, 11) is 6.27. The Labute approximate surface area is 133 Å². The molecule has 22 heavy (non-hydrogen) atoms. The zero-order chi connectivity index (χ0) is 16.3. The molecule has 0 radical (unpaired) electrons. The molecule has 0 fully saturated rings. The van der Waals surface area contributed by atoms with Crippen molar-refractivity contribution in [1.29, 1.82) is 0 Å². The highest BCUT2D eigenvalue weighted by Crippen LogP contribution is 2.42. The summed E-state index contributed by atoms with van der Waals surface area (Å²) >= 11 is 1.32. The number of thiazole rings is 1. The zero-order valence-electron chi connectivity index (χ0n) is 13.1. The van der Waals surface area contributed by atoms with Gasteiger partial charge in [-0.15, -0.1) is 11.3 Å². The van der Waals surface area contributed by atoms with E-state index < -0.39 is 0 Å². The normalized spacial score (nSPS) is 10.2. The number of aryl methyl sites for hydroxylation is 1. The molecule has 0 aliphatic carbocycles.